The van der Waals surface area contributed by atoms with Crippen LogP contribution in [0.2, 0.25) is 0 Å². The number of ether oxygens (including phenoxy) is 1. The monoisotopic (exact) mass is 352 g/mol. The molecule has 0 aliphatic carbocycles. The zero-order chi connectivity index (χ0) is 15.4. The number of hydrogen-bond acceptors (Lipinski definition) is 4. The molecule has 0 atom stereocenters. The molecule has 0 radical (unpaired) electrons. The normalized spacial score (nSPS) is 10.5. The first-order valence-corrected chi connectivity index (χ1v) is 7.25. The predicted molar refractivity (Wildman–Crippen MR) is 80.5 cm³/mol. The number of methoxy groups -OCH3 is 1. The Morgan fingerprint density at radius 2 is 2.05 bits per heavy atom. The molecule has 4 nitrogen and oxygen atoms in total. The second-order valence-electron chi connectivity index (χ2n) is 4.46. The Hall–Kier alpha value is -1.82. The predicted octanol–water partition coefficient (Wildman–Crippen LogP) is 3.78. The van der Waals surface area contributed by atoms with Crippen molar-refractivity contribution in [2.24, 2.45) is 0 Å². The first-order valence-electron chi connectivity index (χ1n) is 6.46. The van der Waals surface area contributed by atoms with E-state index in [1.165, 1.54) is 13.2 Å². The van der Waals surface area contributed by atoms with Gasteiger partial charge in [0.05, 0.1) is 18.4 Å². The van der Waals surface area contributed by atoms with Crippen LogP contribution >= 0.6 is 15.9 Å². The summed E-state index contributed by atoms with van der Waals surface area (Å²) in [4.78, 5) is 20.2. The van der Waals surface area contributed by atoms with E-state index in [1.54, 1.807) is 12.1 Å². The fraction of sp³-hybridized carbons (Fsp3) is 0.267. The van der Waals surface area contributed by atoms with Gasteiger partial charge in [-0.2, -0.15) is 0 Å². The number of carbonyl (C=O) groups is 1. The van der Waals surface area contributed by atoms with Crippen molar-refractivity contribution in [2.75, 3.05) is 7.11 Å². The lowest BCUT2D eigenvalue weighted by Crippen LogP contribution is -2.03. The van der Waals surface area contributed by atoms with Crippen LogP contribution in [0, 0.1) is 5.82 Å². The van der Waals surface area contributed by atoms with Gasteiger partial charge in [-0.1, -0.05) is 6.92 Å². The van der Waals surface area contributed by atoms with Crippen molar-refractivity contribution in [1.29, 1.82) is 0 Å². The van der Waals surface area contributed by atoms with Crippen molar-refractivity contribution >= 4 is 21.9 Å². The van der Waals surface area contributed by atoms with Gasteiger partial charge in [0, 0.05) is 12.0 Å². The summed E-state index contributed by atoms with van der Waals surface area (Å²) in [6, 6.07) is 5.71. The SMILES string of the molecule is CCCc1nc(Br)cc(-c2cc(F)cc(C(=O)OC)c2)n1. The molecule has 6 heteroatoms. The van der Waals surface area contributed by atoms with Crippen LogP contribution in [-0.4, -0.2) is 23.0 Å². The van der Waals surface area contributed by atoms with Crippen LogP contribution in [0.5, 0.6) is 0 Å². The second kappa shape index (κ2) is 6.76. The molecule has 21 heavy (non-hydrogen) atoms. The fourth-order valence-electron chi connectivity index (χ4n) is 1.92. The Labute approximate surface area is 130 Å². The van der Waals surface area contributed by atoms with Crippen LogP contribution in [0.25, 0.3) is 11.3 Å². The van der Waals surface area contributed by atoms with Crippen molar-refractivity contribution < 1.29 is 13.9 Å². The minimum Gasteiger partial charge on any atom is -0.465 e. The van der Waals surface area contributed by atoms with Crippen LogP contribution < -0.4 is 0 Å². The van der Waals surface area contributed by atoms with Gasteiger partial charge in [-0.05, 0) is 46.6 Å². The van der Waals surface area contributed by atoms with Crippen molar-refractivity contribution in [3.63, 3.8) is 0 Å². The van der Waals surface area contributed by atoms with Gasteiger partial charge in [0.25, 0.3) is 0 Å². The van der Waals surface area contributed by atoms with Gasteiger partial charge in [-0.25, -0.2) is 19.2 Å². The molecule has 0 spiro atoms. The van der Waals surface area contributed by atoms with Gasteiger partial charge in [0.15, 0.2) is 0 Å². The lowest BCUT2D eigenvalue weighted by molar-refractivity contribution is 0.0600. The zero-order valence-corrected chi connectivity index (χ0v) is 13.3. The van der Waals surface area contributed by atoms with Crippen LogP contribution in [0.4, 0.5) is 4.39 Å². The Bertz CT molecular complexity index is 677. The van der Waals surface area contributed by atoms with Crippen molar-refractivity contribution in [3.8, 4) is 11.3 Å². The zero-order valence-electron chi connectivity index (χ0n) is 11.7. The van der Waals surface area contributed by atoms with Crippen LogP contribution in [0.15, 0.2) is 28.9 Å². The molecule has 0 saturated carbocycles. The highest BCUT2D eigenvalue weighted by Crippen LogP contribution is 2.23. The molecular formula is C15H14BrFN2O2. The van der Waals surface area contributed by atoms with Crippen LogP contribution in [0.1, 0.15) is 29.5 Å². The van der Waals surface area contributed by atoms with Crippen molar-refractivity contribution in [3.05, 3.63) is 46.1 Å². The molecule has 110 valence electrons. The van der Waals surface area contributed by atoms with E-state index in [9.17, 15) is 9.18 Å². The molecule has 0 aliphatic heterocycles. The standard InChI is InChI=1S/C15H14BrFN2O2/c1-3-4-14-18-12(8-13(16)19-14)9-5-10(15(20)21-2)7-11(17)6-9/h5-8H,3-4H2,1-2H3. The molecule has 0 fully saturated rings. The summed E-state index contributed by atoms with van der Waals surface area (Å²) in [5.74, 6) is -0.428. The third-order valence-corrected chi connectivity index (χ3v) is 3.24. The van der Waals surface area contributed by atoms with Gasteiger partial charge < -0.3 is 4.74 Å². The topological polar surface area (TPSA) is 52.1 Å². The summed E-state index contributed by atoms with van der Waals surface area (Å²) in [6.07, 6.45) is 1.64. The Balaban J connectivity index is 2.50. The Morgan fingerprint density at radius 1 is 1.29 bits per heavy atom. The van der Waals surface area contributed by atoms with E-state index >= 15 is 0 Å². The number of hydrogen-bond donors (Lipinski definition) is 0. The molecular weight excluding hydrogens is 339 g/mol. The van der Waals surface area contributed by atoms with E-state index in [0.717, 1.165) is 18.9 Å². The maximum absolute atomic E-state index is 13.7. The van der Waals surface area contributed by atoms with Gasteiger partial charge in [-0.3, -0.25) is 0 Å². The highest BCUT2D eigenvalue weighted by molar-refractivity contribution is 9.10. The number of benzene rings is 1. The van der Waals surface area contributed by atoms with Crippen LogP contribution in [-0.2, 0) is 11.2 Å². The molecule has 0 unspecified atom stereocenters. The Kier molecular flexibility index (Phi) is 5.01. The first kappa shape index (κ1) is 15.6. The summed E-state index contributed by atoms with van der Waals surface area (Å²) in [7, 11) is 1.26. The number of halogens is 2. The van der Waals surface area contributed by atoms with Gasteiger partial charge in [0.2, 0.25) is 0 Å². The van der Waals surface area contributed by atoms with E-state index in [0.29, 0.717) is 21.7 Å². The number of carbonyl (C=O) groups excluding carboxylic acids is 1. The molecule has 1 aromatic heterocycles. The van der Waals surface area contributed by atoms with E-state index in [-0.39, 0.29) is 5.56 Å². The van der Waals surface area contributed by atoms with Crippen LogP contribution in [0.3, 0.4) is 0 Å². The van der Waals surface area contributed by atoms with Crippen molar-refractivity contribution in [2.45, 2.75) is 19.8 Å². The fourth-order valence-corrected chi connectivity index (χ4v) is 2.34. The Morgan fingerprint density at radius 3 is 2.71 bits per heavy atom. The number of aromatic nitrogens is 2. The molecule has 1 heterocycles. The number of esters is 1. The van der Waals surface area contributed by atoms with Gasteiger partial charge >= 0.3 is 5.97 Å². The van der Waals surface area contributed by atoms with E-state index in [2.05, 4.69) is 30.6 Å². The highest BCUT2D eigenvalue weighted by atomic mass is 79.9. The summed E-state index contributed by atoms with van der Waals surface area (Å²) in [5, 5.41) is 0. The molecule has 0 saturated heterocycles. The molecule has 2 aromatic rings. The molecule has 0 aliphatic rings. The van der Waals surface area contributed by atoms with Crippen molar-refractivity contribution in [1.82, 2.24) is 9.97 Å². The minimum atomic E-state index is -0.586. The average molecular weight is 353 g/mol. The number of aryl methyl sites for hydroxylation is 1. The highest BCUT2D eigenvalue weighted by Gasteiger charge is 2.12. The maximum atomic E-state index is 13.7. The second-order valence-corrected chi connectivity index (χ2v) is 5.27. The van der Waals surface area contributed by atoms with Gasteiger partial charge in [0.1, 0.15) is 16.2 Å². The molecule has 2 rings (SSSR count). The third-order valence-electron chi connectivity index (χ3n) is 2.83. The summed E-state index contributed by atoms with van der Waals surface area (Å²) in [6.45, 7) is 2.03. The largest absolute Gasteiger partial charge is 0.465 e. The smallest absolute Gasteiger partial charge is 0.337 e. The lowest BCUT2D eigenvalue weighted by atomic mass is 10.1. The minimum absolute atomic E-state index is 0.152. The first-order chi connectivity index (χ1) is 10.0. The summed E-state index contributed by atoms with van der Waals surface area (Å²) in [5.41, 5.74) is 1.22. The third kappa shape index (κ3) is 3.85. The van der Waals surface area contributed by atoms with Gasteiger partial charge in [-0.15, -0.1) is 0 Å². The molecule has 0 N–H and O–H groups in total. The maximum Gasteiger partial charge on any atom is 0.337 e. The summed E-state index contributed by atoms with van der Waals surface area (Å²) < 4.78 is 18.9. The molecule has 0 amide bonds. The number of rotatable bonds is 4. The summed E-state index contributed by atoms with van der Waals surface area (Å²) >= 11 is 3.32. The quantitative estimate of drug-likeness (QED) is 0.620. The number of nitrogens with zero attached hydrogens (tertiary/aromatic N) is 2. The van der Waals surface area contributed by atoms with E-state index < -0.39 is 11.8 Å². The molecule has 1 aromatic carbocycles. The average Bonchev–Trinajstić information content (AvgIpc) is 2.45. The van der Waals surface area contributed by atoms with E-state index in [4.69, 9.17) is 0 Å². The lowest BCUT2D eigenvalue weighted by Gasteiger charge is -2.07. The van der Waals surface area contributed by atoms with E-state index in [1.807, 2.05) is 6.92 Å². The molecule has 0 bridgehead atoms.